The predicted octanol–water partition coefficient (Wildman–Crippen LogP) is 2.32. The lowest BCUT2D eigenvalue weighted by Crippen LogP contribution is -2.50. The average molecular weight is 425 g/mol. The van der Waals surface area contributed by atoms with E-state index in [4.69, 9.17) is 4.74 Å². The predicted molar refractivity (Wildman–Crippen MR) is 116 cm³/mol. The van der Waals surface area contributed by atoms with Gasteiger partial charge in [0.25, 0.3) is 11.8 Å². The third-order valence-electron chi connectivity index (χ3n) is 5.41. The molecule has 2 aromatic rings. The van der Waals surface area contributed by atoms with E-state index in [1.165, 1.54) is 0 Å². The number of ether oxygens (including phenoxy) is 1. The maximum absolute atomic E-state index is 13.1. The summed E-state index contributed by atoms with van der Waals surface area (Å²) in [6, 6.07) is 14.2. The number of methoxy groups -OCH3 is 1. The second kappa shape index (κ2) is 9.18. The van der Waals surface area contributed by atoms with Gasteiger partial charge in [0.1, 0.15) is 11.3 Å². The summed E-state index contributed by atoms with van der Waals surface area (Å²) < 4.78 is 5.39. The first kappa shape index (κ1) is 22.3. The Morgan fingerprint density at radius 2 is 1.90 bits per heavy atom. The Morgan fingerprint density at radius 1 is 1.19 bits per heavy atom. The molecule has 0 aromatic heterocycles. The van der Waals surface area contributed by atoms with Gasteiger partial charge >= 0.3 is 6.03 Å². The standard InChI is InChI=1S/C23H28N4O4/c1-5-23(18-9-7-6-8-10-18)21(29)27(22(30)24-23)25-20(28)15-26(3)14-17-13-16(2)11-12-19(17)31-4/h6-13H,5,14-15H2,1-4H3,(H,24,30)(H,25,28)/t23-/m0/s1. The van der Waals surface area contributed by atoms with Gasteiger partial charge < -0.3 is 10.1 Å². The van der Waals surface area contributed by atoms with E-state index in [2.05, 4.69) is 10.7 Å². The average Bonchev–Trinajstić information content (AvgIpc) is 2.99. The van der Waals surface area contributed by atoms with Gasteiger partial charge in [-0.1, -0.05) is 55.0 Å². The molecule has 1 heterocycles. The number of carbonyl (C=O) groups is 3. The van der Waals surface area contributed by atoms with Crippen LogP contribution in [0.15, 0.2) is 48.5 Å². The molecule has 31 heavy (non-hydrogen) atoms. The topological polar surface area (TPSA) is 91.0 Å². The van der Waals surface area contributed by atoms with E-state index in [-0.39, 0.29) is 6.54 Å². The molecule has 8 heteroatoms. The minimum Gasteiger partial charge on any atom is -0.496 e. The van der Waals surface area contributed by atoms with Gasteiger partial charge in [0.15, 0.2) is 0 Å². The fraction of sp³-hybridized carbons (Fsp3) is 0.348. The second-order valence-corrected chi connectivity index (χ2v) is 7.72. The Hall–Kier alpha value is -3.39. The van der Waals surface area contributed by atoms with E-state index in [1.54, 1.807) is 31.2 Å². The van der Waals surface area contributed by atoms with Crippen molar-refractivity contribution in [3.63, 3.8) is 0 Å². The molecule has 8 nitrogen and oxygen atoms in total. The van der Waals surface area contributed by atoms with Crippen LogP contribution in [-0.2, 0) is 21.7 Å². The molecule has 164 valence electrons. The number of hydrazine groups is 1. The number of hydrogen-bond donors (Lipinski definition) is 2. The molecule has 1 saturated heterocycles. The smallest absolute Gasteiger partial charge is 0.344 e. The number of urea groups is 1. The summed E-state index contributed by atoms with van der Waals surface area (Å²) in [6.07, 6.45) is 0.362. The lowest BCUT2D eigenvalue weighted by Gasteiger charge is -2.25. The lowest BCUT2D eigenvalue weighted by atomic mass is 9.87. The third-order valence-corrected chi connectivity index (χ3v) is 5.41. The molecule has 0 spiro atoms. The highest BCUT2D eigenvalue weighted by Crippen LogP contribution is 2.31. The molecule has 1 fully saturated rings. The van der Waals surface area contributed by atoms with Crippen LogP contribution in [0.4, 0.5) is 4.79 Å². The molecule has 0 aliphatic carbocycles. The quantitative estimate of drug-likeness (QED) is 0.635. The van der Waals surface area contributed by atoms with Gasteiger partial charge in [0.2, 0.25) is 0 Å². The van der Waals surface area contributed by atoms with Crippen molar-refractivity contribution in [3.05, 3.63) is 65.2 Å². The summed E-state index contributed by atoms with van der Waals surface area (Å²) in [5.41, 5.74) is 3.98. The van der Waals surface area contributed by atoms with Crippen molar-refractivity contribution < 1.29 is 19.1 Å². The van der Waals surface area contributed by atoms with Gasteiger partial charge in [0, 0.05) is 12.1 Å². The summed E-state index contributed by atoms with van der Waals surface area (Å²) in [5.74, 6) is -0.220. The van der Waals surface area contributed by atoms with E-state index in [1.807, 2.05) is 50.2 Å². The molecule has 0 bridgehead atoms. The Kier molecular flexibility index (Phi) is 6.60. The second-order valence-electron chi connectivity index (χ2n) is 7.72. The minimum atomic E-state index is -1.19. The van der Waals surface area contributed by atoms with Crippen molar-refractivity contribution in [3.8, 4) is 5.75 Å². The van der Waals surface area contributed by atoms with Crippen LogP contribution in [0.1, 0.15) is 30.0 Å². The molecule has 1 aliphatic rings. The highest BCUT2D eigenvalue weighted by Gasteiger charge is 2.52. The van der Waals surface area contributed by atoms with E-state index in [0.717, 1.165) is 21.9 Å². The lowest BCUT2D eigenvalue weighted by molar-refractivity contribution is -0.139. The number of rotatable bonds is 8. The number of amides is 4. The number of hydrogen-bond acceptors (Lipinski definition) is 5. The highest BCUT2D eigenvalue weighted by atomic mass is 16.5. The van der Waals surface area contributed by atoms with E-state index >= 15 is 0 Å². The molecule has 1 atom stereocenters. The first-order valence-corrected chi connectivity index (χ1v) is 10.1. The zero-order valence-corrected chi connectivity index (χ0v) is 18.3. The number of aryl methyl sites for hydroxylation is 1. The number of benzene rings is 2. The number of nitrogens with one attached hydrogen (secondary N) is 2. The van der Waals surface area contributed by atoms with Gasteiger partial charge in [-0.05, 0) is 32.0 Å². The summed E-state index contributed by atoms with van der Waals surface area (Å²) in [4.78, 5) is 40.0. The first-order chi connectivity index (χ1) is 14.8. The Bertz CT molecular complexity index is 979. The zero-order chi connectivity index (χ0) is 22.6. The SMILES string of the molecule is CC[C@@]1(c2ccccc2)NC(=O)N(NC(=O)CN(C)Cc2cc(C)ccc2OC)C1=O. The number of carbonyl (C=O) groups excluding carboxylic acids is 3. The fourth-order valence-corrected chi connectivity index (χ4v) is 3.82. The van der Waals surface area contributed by atoms with E-state index in [9.17, 15) is 14.4 Å². The van der Waals surface area contributed by atoms with E-state index < -0.39 is 23.4 Å². The van der Waals surface area contributed by atoms with Crippen LogP contribution in [-0.4, -0.2) is 48.5 Å². The Balaban J connectivity index is 1.67. The highest BCUT2D eigenvalue weighted by molar-refractivity contribution is 6.08. The minimum absolute atomic E-state index is 0.00137. The van der Waals surface area contributed by atoms with Crippen LogP contribution >= 0.6 is 0 Å². The molecule has 0 saturated carbocycles. The van der Waals surface area contributed by atoms with Crippen LogP contribution < -0.4 is 15.5 Å². The Labute approximate surface area is 182 Å². The summed E-state index contributed by atoms with van der Waals surface area (Å²) in [7, 11) is 3.39. The zero-order valence-electron chi connectivity index (χ0n) is 18.3. The molecule has 2 N–H and O–H groups in total. The van der Waals surface area contributed by atoms with Crippen LogP contribution in [0.3, 0.4) is 0 Å². The molecule has 1 aliphatic heterocycles. The molecule has 2 aromatic carbocycles. The van der Waals surface area contributed by atoms with E-state index in [0.29, 0.717) is 18.5 Å². The molecule has 4 amide bonds. The van der Waals surface area contributed by atoms with Crippen LogP contribution in [0, 0.1) is 6.92 Å². The van der Waals surface area contributed by atoms with Gasteiger partial charge in [-0.15, -0.1) is 0 Å². The summed E-state index contributed by atoms with van der Waals surface area (Å²) in [5, 5.41) is 3.52. The van der Waals surface area contributed by atoms with Gasteiger partial charge in [-0.2, -0.15) is 5.01 Å². The summed E-state index contributed by atoms with van der Waals surface area (Å²) >= 11 is 0. The third kappa shape index (κ3) is 4.54. The van der Waals surface area contributed by atoms with Crippen molar-refractivity contribution in [2.45, 2.75) is 32.4 Å². The number of nitrogens with zero attached hydrogens (tertiary/aromatic N) is 2. The number of likely N-dealkylation sites (N-methyl/N-ethyl adjacent to an activating group) is 1. The molecular weight excluding hydrogens is 396 g/mol. The van der Waals surface area contributed by atoms with Gasteiger partial charge in [-0.3, -0.25) is 19.9 Å². The first-order valence-electron chi connectivity index (χ1n) is 10.1. The Morgan fingerprint density at radius 3 is 2.55 bits per heavy atom. The molecule has 0 unspecified atom stereocenters. The van der Waals surface area contributed by atoms with Crippen LogP contribution in [0.5, 0.6) is 5.75 Å². The maximum atomic E-state index is 13.1. The van der Waals surface area contributed by atoms with Crippen molar-refractivity contribution in [2.24, 2.45) is 0 Å². The van der Waals surface area contributed by atoms with Crippen LogP contribution in [0.2, 0.25) is 0 Å². The molecule has 0 radical (unpaired) electrons. The van der Waals surface area contributed by atoms with Gasteiger partial charge in [0.05, 0.1) is 13.7 Å². The normalized spacial score (nSPS) is 18.3. The number of imide groups is 1. The maximum Gasteiger partial charge on any atom is 0.344 e. The molecule has 3 rings (SSSR count). The van der Waals surface area contributed by atoms with Crippen molar-refractivity contribution >= 4 is 17.8 Å². The van der Waals surface area contributed by atoms with Gasteiger partial charge in [-0.25, -0.2) is 4.79 Å². The van der Waals surface area contributed by atoms with Crippen molar-refractivity contribution in [1.29, 1.82) is 0 Å². The summed E-state index contributed by atoms with van der Waals surface area (Å²) in [6.45, 7) is 4.28. The van der Waals surface area contributed by atoms with Crippen LogP contribution in [0.25, 0.3) is 0 Å². The van der Waals surface area contributed by atoms with Crippen molar-refractivity contribution in [1.82, 2.24) is 20.7 Å². The fourth-order valence-electron chi connectivity index (χ4n) is 3.82. The molecular formula is C23H28N4O4. The van der Waals surface area contributed by atoms with Crippen molar-refractivity contribution in [2.75, 3.05) is 20.7 Å². The largest absolute Gasteiger partial charge is 0.496 e. The monoisotopic (exact) mass is 424 g/mol.